The van der Waals surface area contributed by atoms with E-state index in [1.807, 2.05) is 53.9 Å². The molecule has 5 heteroatoms. The molecule has 104 valence electrons. The van der Waals surface area contributed by atoms with Crippen molar-refractivity contribution in [1.82, 2.24) is 0 Å². The van der Waals surface area contributed by atoms with E-state index < -0.39 is 0 Å². The molecule has 0 fully saturated rings. The van der Waals surface area contributed by atoms with Gasteiger partial charge in [-0.3, -0.25) is 0 Å². The van der Waals surface area contributed by atoms with Crippen molar-refractivity contribution in [3.05, 3.63) is 68.9 Å². The van der Waals surface area contributed by atoms with Crippen molar-refractivity contribution < 1.29 is 5.11 Å². The summed E-state index contributed by atoms with van der Waals surface area (Å²) in [5, 5.41) is 12.7. The second-order valence-electron chi connectivity index (χ2n) is 3.82. The van der Waals surface area contributed by atoms with Gasteiger partial charge in [-0.15, -0.1) is 0 Å². The van der Waals surface area contributed by atoms with Crippen LogP contribution >= 0.6 is 46.7 Å². The zero-order valence-corrected chi connectivity index (χ0v) is 13.6. The van der Waals surface area contributed by atoms with Gasteiger partial charge in [0.05, 0.1) is 16.7 Å². The predicted octanol–water partition coefficient (Wildman–Crippen LogP) is 5.71. The van der Waals surface area contributed by atoms with E-state index in [4.69, 9.17) is 23.2 Å². The van der Waals surface area contributed by atoms with Crippen molar-refractivity contribution in [3.8, 4) is 0 Å². The Morgan fingerprint density at radius 2 is 1.50 bits per heavy atom. The molecule has 2 aromatic carbocycles. The number of hydrogen-bond acceptors (Lipinski definition) is 3. The summed E-state index contributed by atoms with van der Waals surface area (Å²) in [5.41, 5.74) is 0. The maximum absolute atomic E-state index is 9.45. The molecule has 1 nitrogen and oxygen atoms in total. The van der Waals surface area contributed by atoms with E-state index in [0.717, 1.165) is 14.7 Å². The molecule has 0 saturated heterocycles. The van der Waals surface area contributed by atoms with Crippen molar-refractivity contribution in [3.63, 3.8) is 0 Å². The molecule has 0 unspecified atom stereocenters. The van der Waals surface area contributed by atoms with Gasteiger partial charge in [0, 0.05) is 14.7 Å². The van der Waals surface area contributed by atoms with Crippen LogP contribution in [0.4, 0.5) is 0 Å². The van der Waals surface area contributed by atoms with E-state index in [-0.39, 0.29) is 6.61 Å². The molecule has 20 heavy (non-hydrogen) atoms. The highest BCUT2D eigenvalue weighted by Crippen LogP contribution is 2.35. The zero-order valence-electron chi connectivity index (χ0n) is 10.4. The van der Waals surface area contributed by atoms with Crippen LogP contribution in [0, 0.1) is 0 Å². The minimum atomic E-state index is -0.0344. The van der Waals surface area contributed by atoms with E-state index in [2.05, 4.69) is 0 Å². The number of halogens is 2. The van der Waals surface area contributed by atoms with E-state index in [0.29, 0.717) is 10.0 Å². The summed E-state index contributed by atoms with van der Waals surface area (Å²) in [6.07, 6.45) is 0. The summed E-state index contributed by atoms with van der Waals surface area (Å²) in [6.45, 7) is -0.0344. The molecule has 0 aliphatic rings. The zero-order chi connectivity index (χ0) is 14.4. The fraction of sp³-hybridized carbons (Fsp3) is 0.0667. The Morgan fingerprint density at radius 3 is 2.05 bits per heavy atom. The lowest BCUT2D eigenvalue weighted by Crippen LogP contribution is -1.85. The Labute approximate surface area is 137 Å². The van der Waals surface area contributed by atoms with Crippen LogP contribution in [-0.2, 0) is 0 Å². The maximum Gasteiger partial charge on any atom is 0.0749 e. The number of aliphatic hydroxyl groups is 1. The van der Waals surface area contributed by atoms with E-state index in [1.54, 1.807) is 0 Å². The van der Waals surface area contributed by atoms with Gasteiger partial charge >= 0.3 is 0 Å². The Hall–Kier alpha value is -0.580. The van der Waals surface area contributed by atoms with Gasteiger partial charge in [0.15, 0.2) is 0 Å². The Kier molecular flexibility index (Phi) is 6.33. The highest BCUT2D eigenvalue weighted by Gasteiger charge is 2.05. The molecule has 1 N–H and O–H groups in total. The molecule has 0 heterocycles. The van der Waals surface area contributed by atoms with Crippen LogP contribution < -0.4 is 0 Å². The molecule has 0 amide bonds. The number of benzene rings is 2. The molecule has 2 rings (SSSR count). The van der Waals surface area contributed by atoms with Gasteiger partial charge in [-0.05, 0) is 29.7 Å². The van der Waals surface area contributed by atoms with Crippen LogP contribution in [0.3, 0.4) is 0 Å². The van der Waals surface area contributed by atoms with Crippen LogP contribution in [-0.4, -0.2) is 11.7 Å². The molecule has 2 aromatic rings. The first-order valence-corrected chi connectivity index (χ1v) is 8.29. The van der Waals surface area contributed by atoms with Gasteiger partial charge < -0.3 is 5.11 Å². The first-order valence-electron chi connectivity index (χ1n) is 5.84. The fourth-order valence-electron chi connectivity index (χ4n) is 1.43. The molecule has 0 radical (unpaired) electrons. The molecule has 0 aliphatic heterocycles. The number of hydrogen-bond donors (Lipinski definition) is 1. The van der Waals surface area contributed by atoms with Gasteiger partial charge in [0.25, 0.3) is 0 Å². The Balaban J connectivity index is 2.11. The van der Waals surface area contributed by atoms with Crippen molar-refractivity contribution in [2.24, 2.45) is 0 Å². The van der Waals surface area contributed by atoms with Crippen LogP contribution in [0.15, 0.2) is 68.6 Å². The normalized spacial score (nSPS) is 11.7. The third-order valence-corrected chi connectivity index (χ3v) is 5.52. The van der Waals surface area contributed by atoms with Gasteiger partial charge in [-0.1, -0.05) is 71.0 Å². The smallest absolute Gasteiger partial charge is 0.0749 e. The van der Waals surface area contributed by atoms with Gasteiger partial charge in [-0.25, -0.2) is 0 Å². The Bertz CT molecular complexity index is 614. The third-order valence-electron chi connectivity index (χ3n) is 2.39. The number of rotatable bonds is 5. The molecule has 0 saturated carbocycles. The second kappa shape index (κ2) is 8.01. The first kappa shape index (κ1) is 15.8. The van der Waals surface area contributed by atoms with Crippen molar-refractivity contribution in [2.45, 2.75) is 9.79 Å². The topological polar surface area (TPSA) is 20.2 Å². The summed E-state index contributed by atoms with van der Waals surface area (Å²) < 4.78 is 0. The van der Waals surface area contributed by atoms with Crippen molar-refractivity contribution in [2.75, 3.05) is 6.61 Å². The third kappa shape index (κ3) is 4.47. The highest BCUT2D eigenvalue weighted by atomic mass is 35.5. The first-order chi connectivity index (χ1) is 9.70. The molecule has 0 bridgehead atoms. The van der Waals surface area contributed by atoms with E-state index in [1.165, 1.54) is 23.5 Å². The van der Waals surface area contributed by atoms with Crippen molar-refractivity contribution in [1.29, 1.82) is 0 Å². The summed E-state index contributed by atoms with van der Waals surface area (Å²) in [5.74, 6) is 0. The molecule has 0 aliphatic carbocycles. The number of aliphatic hydroxyl groups excluding tert-OH is 1. The molecule has 0 aromatic heterocycles. The van der Waals surface area contributed by atoms with Gasteiger partial charge in [0.1, 0.15) is 0 Å². The summed E-state index contributed by atoms with van der Waals surface area (Å²) in [6, 6.07) is 15.2. The maximum atomic E-state index is 9.45. The van der Waals surface area contributed by atoms with Crippen LogP contribution in [0.5, 0.6) is 0 Å². The van der Waals surface area contributed by atoms with Crippen molar-refractivity contribution >= 4 is 46.7 Å². The average Bonchev–Trinajstić information content (AvgIpc) is 2.47. The van der Waals surface area contributed by atoms with Crippen LogP contribution in [0.25, 0.3) is 0 Å². The summed E-state index contributed by atoms with van der Waals surface area (Å²) in [4.78, 5) is 2.71. The standard InChI is InChI=1S/C15H12Cl2OS2/c16-12-5-1-3-7-14(12)19-10-11(9-18)20-15-8-4-2-6-13(15)17/h1-8,10,18H,9H2/b11-10-. The van der Waals surface area contributed by atoms with Crippen LogP contribution in [0.1, 0.15) is 0 Å². The minimum Gasteiger partial charge on any atom is -0.391 e. The minimum absolute atomic E-state index is 0.0344. The van der Waals surface area contributed by atoms with E-state index in [9.17, 15) is 5.11 Å². The summed E-state index contributed by atoms with van der Waals surface area (Å²) >= 11 is 15.1. The summed E-state index contributed by atoms with van der Waals surface area (Å²) in [7, 11) is 0. The average molecular weight is 343 g/mol. The Morgan fingerprint density at radius 1 is 0.950 bits per heavy atom. The highest BCUT2D eigenvalue weighted by molar-refractivity contribution is 8.06. The monoisotopic (exact) mass is 342 g/mol. The predicted molar refractivity (Wildman–Crippen MR) is 89.8 cm³/mol. The molecule has 0 atom stereocenters. The largest absolute Gasteiger partial charge is 0.391 e. The number of thioether (sulfide) groups is 2. The van der Waals surface area contributed by atoms with Gasteiger partial charge in [0.2, 0.25) is 0 Å². The molecule has 0 spiro atoms. The second-order valence-corrected chi connectivity index (χ2v) is 6.72. The lowest BCUT2D eigenvalue weighted by molar-refractivity contribution is 0.340. The quantitative estimate of drug-likeness (QED) is 0.702. The lowest BCUT2D eigenvalue weighted by atomic mass is 10.4. The molecular formula is C15H12Cl2OS2. The fourth-order valence-corrected chi connectivity index (χ4v) is 3.62. The molecular weight excluding hydrogens is 331 g/mol. The van der Waals surface area contributed by atoms with E-state index >= 15 is 0 Å². The SMILES string of the molecule is OC/C(=C/Sc1ccccc1Cl)Sc1ccccc1Cl. The van der Waals surface area contributed by atoms with Gasteiger partial charge in [-0.2, -0.15) is 0 Å². The lowest BCUT2D eigenvalue weighted by Gasteiger charge is -2.06. The van der Waals surface area contributed by atoms with Crippen LogP contribution in [0.2, 0.25) is 10.0 Å².